The molecule has 0 spiro atoms. The number of nitrogens with zero attached hydrogens (tertiary/aromatic N) is 1. The second kappa shape index (κ2) is 6.80. The van der Waals surface area contributed by atoms with Gasteiger partial charge in [0, 0.05) is 24.7 Å². The van der Waals surface area contributed by atoms with E-state index in [9.17, 15) is 4.79 Å². The van der Waals surface area contributed by atoms with Crippen LogP contribution in [0.15, 0.2) is 12.1 Å². The van der Waals surface area contributed by atoms with Gasteiger partial charge in [-0.05, 0) is 56.3 Å². The quantitative estimate of drug-likeness (QED) is 0.841. The van der Waals surface area contributed by atoms with Crippen LogP contribution < -0.4 is 19.5 Å². The summed E-state index contributed by atoms with van der Waals surface area (Å²) in [6, 6.07) is 3.48. The number of anilines is 1. The van der Waals surface area contributed by atoms with Gasteiger partial charge in [-0.15, -0.1) is 0 Å². The maximum atomic E-state index is 13.1. The van der Waals surface area contributed by atoms with Crippen LogP contribution in [0.2, 0.25) is 0 Å². The van der Waals surface area contributed by atoms with Crippen molar-refractivity contribution in [3.05, 3.63) is 12.1 Å². The summed E-state index contributed by atoms with van der Waals surface area (Å²) < 4.78 is 16.1. The number of methoxy groups -OCH3 is 3. The number of urea groups is 1. The van der Waals surface area contributed by atoms with Crippen molar-refractivity contribution in [2.75, 3.05) is 33.7 Å². The van der Waals surface area contributed by atoms with Crippen LogP contribution in [0.25, 0.3) is 0 Å². The Labute approximate surface area is 161 Å². The largest absolute Gasteiger partial charge is 0.493 e. The zero-order valence-corrected chi connectivity index (χ0v) is 16.7. The van der Waals surface area contributed by atoms with Crippen molar-refractivity contribution in [3.63, 3.8) is 0 Å². The number of carbonyl (C=O) groups is 1. The maximum absolute atomic E-state index is 13.1. The first kappa shape index (κ1) is 18.3. The van der Waals surface area contributed by atoms with Gasteiger partial charge in [-0.2, -0.15) is 0 Å². The Morgan fingerprint density at radius 1 is 0.963 bits per heavy atom. The molecule has 0 atom stereocenters. The van der Waals surface area contributed by atoms with Crippen molar-refractivity contribution >= 4 is 11.7 Å². The van der Waals surface area contributed by atoms with Crippen molar-refractivity contribution < 1.29 is 19.0 Å². The molecule has 6 heteroatoms. The molecule has 4 fully saturated rings. The predicted molar refractivity (Wildman–Crippen MR) is 104 cm³/mol. The minimum Gasteiger partial charge on any atom is -0.493 e. The van der Waals surface area contributed by atoms with Crippen LogP contribution in [0, 0.1) is 17.8 Å². The Kier molecular flexibility index (Phi) is 4.60. The molecule has 0 unspecified atom stereocenters. The molecule has 27 heavy (non-hydrogen) atoms. The topological polar surface area (TPSA) is 60.0 Å². The van der Waals surface area contributed by atoms with Gasteiger partial charge in [-0.1, -0.05) is 0 Å². The minimum absolute atomic E-state index is 0.0273. The third-order valence-corrected chi connectivity index (χ3v) is 6.94. The number of amides is 2. The van der Waals surface area contributed by atoms with Crippen molar-refractivity contribution in [1.29, 1.82) is 0 Å². The summed E-state index contributed by atoms with van der Waals surface area (Å²) in [5, 5.41) is 3.04. The lowest BCUT2D eigenvalue weighted by molar-refractivity contribution is -0.0604. The van der Waals surface area contributed by atoms with E-state index in [0.717, 1.165) is 37.0 Å². The highest BCUT2D eigenvalue weighted by molar-refractivity contribution is 5.90. The lowest BCUT2D eigenvalue weighted by Crippen LogP contribution is -2.61. The molecule has 1 aromatic carbocycles. The van der Waals surface area contributed by atoms with Crippen LogP contribution in [-0.4, -0.2) is 44.8 Å². The van der Waals surface area contributed by atoms with Crippen LogP contribution in [0.5, 0.6) is 17.2 Å². The van der Waals surface area contributed by atoms with E-state index >= 15 is 0 Å². The van der Waals surface area contributed by atoms with Gasteiger partial charge in [-0.3, -0.25) is 0 Å². The molecular weight excluding hydrogens is 344 g/mol. The summed E-state index contributed by atoms with van der Waals surface area (Å²) in [6.45, 7) is 0. The van der Waals surface area contributed by atoms with Gasteiger partial charge >= 0.3 is 6.03 Å². The number of carbonyl (C=O) groups excluding carboxylic acids is 1. The Morgan fingerprint density at radius 3 is 1.85 bits per heavy atom. The fourth-order valence-corrected chi connectivity index (χ4v) is 6.05. The Balaban J connectivity index is 1.54. The minimum atomic E-state index is -0.0637. The molecule has 2 amide bonds. The molecule has 148 valence electrons. The van der Waals surface area contributed by atoms with Crippen molar-refractivity contribution in [2.45, 2.75) is 44.1 Å². The zero-order chi connectivity index (χ0) is 19.2. The SMILES string of the molecule is COc1cc(NC(=O)N(C)C23CC4CC(CC(C4)C2)C3)cc(OC)c1OC. The molecule has 4 saturated carbocycles. The number of hydrogen-bond donors (Lipinski definition) is 1. The summed E-state index contributed by atoms with van der Waals surface area (Å²) in [5.74, 6) is 3.98. The van der Waals surface area contributed by atoms with Gasteiger partial charge in [0.15, 0.2) is 11.5 Å². The van der Waals surface area contributed by atoms with E-state index in [1.54, 1.807) is 33.5 Å². The average Bonchev–Trinajstić information content (AvgIpc) is 2.65. The highest BCUT2D eigenvalue weighted by atomic mass is 16.5. The average molecular weight is 374 g/mol. The molecular formula is C21H30N2O4. The summed E-state index contributed by atoms with van der Waals surface area (Å²) in [4.78, 5) is 15.1. The molecule has 0 aromatic heterocycles. The van der Waals surface area contributed by atoms with Gasteiger partial charge in [0.05, 0.1) is 27.0 Å². The summed E-state index contributed by atoms with van der Waals surface area (Å²) in [5.41, 5.74) is 0.672. The smallest absolute Gasteiger partial charge is 0.322 e. The number of benzene rings is 1. The molecule has 4 aliphatic rings. The number of hydrogen-bond acceptors (Lipinski definition) is 4. The van der Waals surface area contributed by atoms with Crippen LogP contribution in [0.3, 0.4) is 0 Å². The maximum Gasteiger partial charge on any atom is 0.322 e. The third kappa shape index (κ3) is 3.09. The Bertz CT molecular complexity index is 673. The standard InChI is InChI=1S/C21H30N2O4/c1-23(21-10-13-5-14(11-21)7-15(6-13)12-21)20(24)22-16-8-17(25-2)19(27-4)18(9-16)26-3/h8-9,13-15H,5-7,10-12H2,1-4H3,(H,22,24). The van der Waals surface area contributed by atoms with E-state index in [1.807, 2.05) is 11.9 Å². The van der Waals surface area contributed by atoms with E-state index in [2.05, 4.69) is 5.32 Å². The second-order valence-corrected chi connectivity index (χ2v) is 8.55. The number of rotatable bonds is 5. The molecule has 1 N–H and O–H groups in total. The molecule has 4 bridgehead atoms. The normalized spacial score (nSPS) is 30.7. The first-order valence-corrected chi connectivity index (χ1v) is 9.83. The van der Waals surface area contributed by atoms with E-state index in [-0.39, 0.29) is 11.6 Å². The monoisotopic (exact) mass is 374 g/mol. The molecule has 4 aliphatic carbocycles. The predicted octanol–water partition coefficient (Wildman–Crippen LogP) is 4.14. The molecule has 0 radical (unpaired) electrons. The lowest BCUT2D eigenvalue weighted by atomic mass is 9.52. The highest BCUT2D eigenvalue weighted by Gasteiger charge is 2.53. The number of ether oxygens (including phenoxy) is 3. The summed E-state index contributed by atoms with van der Waals surface area (Å²) >= 11 is 0. The fourth-order valence-electron chi connectivity index (χ4n) is 6.05. The van der Waals surface area contributed by atoms with Crippen LogP contribution >= 0.6 is 0 Å². The zero-order valence-electron chi connectivity index (χ0n) is 16.7. The van der Waals surface area contributed by atoms with Gasteiger partial charge in [0.2, 0.25) is 5.75 Å². The molecule has 5 rings (SSSR count). The van der Waals surface area contributed by atoms with Crippen LogP contribution in [0.4, 0.5) is 10.5 Å². The van der Waals surface area contributed by atoms with E-state index < -0.39 is 0 Å². The molecule has 0 aliphatic heterocycles. The van der Waals surface area contributed by atoms with Crippen molar-refractivity contribution in [3.8, 4) is 17.2 Å². The van der Waals surface area contributed by atoms with Gasteiger partial charge in [0.25, 0.3) is 0 Å². The van der Waals surface area contributed by atoms with Gasteiger partial charge in [0.1, 0.15) is 0 Å². The second-order valence-electron chi connectivity index (χ2n) is 8.55. The van der Waals surface area contributed by atoms with Crippen LogP contribution in [-0.2, 0) is 0 Å². The molecule has 6 nitrogen and oxygen atoms in total. The van der Waals surface area contributed by atoms with Crippen LogP contribution in [0.1, 0.15) is 38.5 Å². The molecule has 1 aromatic rings. The Hall–Kier alpha value is -2.11. The lowest BCUT2D eigenvalue weighted by Gasteiger charge is -2.59. The van der Waals surface area contributed by atoms with Gasteiger partial charge < -0.3 is 24.4 Å². The third-order valence-electron chi connectivity index (χ3n) is 6.94. The van der Waals surface area contributed by atoms with E-state index in [4.69, 9.17) is 14.2 Å². The number of nitrogens with one attached hydrogen (secondary N) is 1. The Morgan fingerprint density at radius 2 is 1.44 bits per heavy atom. The van der Waals surface area contributed by atoms with E-state index in [0.29, 0.717) is 22.9 Å². The fraction of sp³-hybridized carbons (Fsp3) is 0.667. The first-order valence-electron chi connectivity index (χ1n) is 9.83. The highest BCUT2D eigenvalue weighted by Crippen LogP contribution is 2.57. The summed E-state index contributed by atoms with van der Waals surface area (Å²) in [6.07, 6.45) is 7.54. The van der Waals surface area contributed by atoms with Crippen molar-refractivity contribution in [1.82, 2.24) is 4.90 Å². The van der Waals surface area contributed by atoms with Crippen molar-refractivity contribution in [2.24, 2.45) is 17.8 Å². The van der Waals surface area contributed by atoms with E-state index in [1.165, 1.54) is 19.3 Å². The first-order chi connectivity index (χ1) is 13.0. The summed E-state index contributed by atoms with van der Waals surface area (Å²) in [7, 11) is 6.68. The molecule has 0 saturated heterocycles. The molecule has 0 heterocycles. The van der Waals surface area contributed by atoms with Gasteiger partial charge in [-0.25, -0.2) is 4.79 Å².